The molecule has 2 aromatic rings. The van der Waals surface area contributed by atoms with Gasteiger partial charge in [-0.05, 0) is 27.7 Å². The van der Waals surface area contributed by atoms with Crippen molar-refractivity contribution in [3.63, 3.8) is 0 Å². The molecule has 0 atom stereocenters. The average Bonchev–Trinajstić information content (AvgIpc) is 3.12. The lowest BCUT2D eigenvalue weighted by Crippen LogP contribution is -2.24. The highest BCUT2D eigenvalue weighted by Gasteiger charge is 2.36. The number of benzene rings is 2. The minimum Gasteiger partial charge on any atom is -0.759 e. The van der Waals surface area contributed by atoms with E-state index in [1.807, 2.05) is 52.0 Å². The first-order chi connectivity index (χ1) is 14.2. The molecule has 0 radical (unpaired) electrons. The first kappa shape index (κ1) is 24.0. The maximum absolute atomic E-state index is 8.72. The van der Waals surface area contributed by atoms with Gasteiger partial charge in [-0.15, -0.1) is 0 Å². The van der Waals surface area contributed by atoms with Crippen LogP contribution in [0.4, 0.5) is 11.4 Å². The normalized spacial score (nSPS) is 16.4. The second-order valence-electron chi connectivity index (χ2n) is 8.22. The lowest BCUT2D eigenvalue weighted by atomic mass is 10.0. The summed E-state index contributed by atoms with van der Waals surface area (Å²) in [6.45, 7) is 8.09. The van der Waals surface area contributed by atoms with E-state index in [1.165, 1.54) is 0 Å². The highest BCUT2D eigenvalue weighted by molar-refractivity contribution is 7.79. The van der Waals surface area contributed by atoms with Crippen molar-refractivity contribution in [3.8, 4) is 11.5 Å². The second-order valence-corrected chi connectivity index (χ2v) is 9.03. The molecule has 164 valence electrons. The fourth-order valence-corrected chi connectivity index (χ4v) is 3.36. The van der Waals surface area contributed by atoms with Gasteiger partial charge in [-0.1, -0.05) is 24.3 Å². The van der Waals surface area contributed by atoms with Gasteiger partial charge in [0.05, 0.1) is 0 Å². The predicted molar refractivity (Wildman–Crippen MR) is 110 cm³/mol. The molecule has 2 aromatic carbocycles. The van der Waals surface area contributed by atoms with Gasteiger partial charge in [-0.2, -0.15) is 0 Å². The van der Waals surface area contributed by atoms with Crippen molar-refractivity contribution in [2.24, 2.45) is 0 Å². The number of fused-ring (bicyclic) bond motifs is 2. The van der Waals surface area contributed by atoms with Crippen molar-refractivity contribution in [2.45, 2.75) is 51.7 Å². The third kappa shape index (κ3) is 6.89. The second kappa shape index (κ2) is 8.86. The number of hydrogen-bond donors (Lipinski definition) is 0. The van der Waals surface area contributed by atoms with E-state index in [0.717, 1.165) is 35.5 Å². The van der Waals surface area contributed by atoms with Crippen LogP contribution in [0.25, 0.3) is 9.95 Å². The SMILES string of the molecule is CC1(C)Cc2cccc([N+]#N)c2O1.CC1(C)Cc2cccc([N+]#N)c2O1.O=S(=O)([O-])[O-]. The van der Waals surface area contributed by atoms with Crippen LogP contribution in [0.15, 0.2) is 36.4 Å². The van der Waals surface area contributed by atoms with Gasteiger partial charge < -0.3 is 18.6 Å². The quantitative estimate of drug-likeness (QED) is 0.327. The number of hydrogen-bond acceptors (Lipinski definition) is 8. The monoisotopic (exact) mass is 446 g/mol. The number of nitrogens with zero attached hydrogens (tertiary/aromatic N) is 4. The molecule has 4 rings (SSSR count). The van der Waals surface area contributed by atoms with E-state index < -0.39 is 10.4 Å². The molecule has 0 aromatic heterocycles. The van der Waals surface area contributed by atoms with Gasteiger partial charge in [0.1, 0.15) is 11.2 Å². The molecule has 31 heavy (non-hydrogen) atoms. The number of para-hydroxylation sites is 2. The summed E-state index contributed by atoms with van der Waals surface area (Å²) in [5.74, 6) is 1.44. The van der Waals surface area contributed by atoms with Gasteiger partial charge in [0, 0.05) is 46.5 Å². The summed E-state index contributed by atoms with van der Waals surface area (Å²) in [5, 5.41) is 17.4. The standard InChI is InChI=1S/2C10H11N2O.H2O4S/c2*1-10(2)6-7-4-3-5-8(12-11)9(7)13-10;1-5(2,3)4/h2*3-5H,6H2,1-2H3;(H2,1,2,3,4)/q2*+1;/p-2. The fraction of sp³-hybridized carbons (Fsp3) is 0.400. The Morgan fingerprint density at radius 1 is 0.806 bits per heavy atom. The first-order valence-corrected chi connectivity index (χ1v) is 10.6. The zero-order valence-corrected chi connectivity index (χ0v) is 18.3. The maximum Gasteiger partial charge on any atom is 0.426 e. The van der Waals surface area contributed by atoms with Gasteiger partial charge in [0.2, 0.25) is 22.3 Å². The summed E-state index contributed by atoms with van der Waals surface area (Å²) in [5.41, 5.74) is 2.90. The first-order valence-electron chi connectivity index (χ1n) is 9.23. The molecular formula is C20H22N4O6S. The Morgan fingerprint density at radius 3 is 1.42 bits per heavy atom. The molecule has 2 aliphatic heterocycles. The molecule has 0 N–H and O–H groups in total. The van der Waals surface area contributed by atoms with Crippen molar-refractivity contribution in [3.05, 3.63) is 57.5 Å². The Morgan fingerprint density at radius 2 is 1.13 bits per heavy atom. The third-order valence-corrected chi connectivity index (χ3v) is 4.36. The van der Waals surface area contributed by atoms with E-state index in [1.54, 1.807) is 12.1 Å². The summed E-state index contributed by atoms with van der Waals surface area (Å²) in [7, 11) is -5.17. The van der Waals surface area contributed by atoms with Crippen LogP contribution in [0, 0.1) is 10.8 Å². The molecule has 0 amide bonds. The van der Waals surface area contributed by atoms with Crippen LogP contribution in [0.2, 0.25) is 0 Å². The fourth-order valence-electron chi connectivity index (χ4n) is 3.36. The molecule has 10 nitrogen and oxygen atoms in total. The van der Waals surface area contributed by atoms with E-state index in [0.29, 0.717) is 11.4 Å². The molecule has 2 aliphatic rings. The lowest BCUT2D eigenvalue weighted by molar-refractivity contribution is 0.139. The van der Waals surface area contributed by atoms with Gasteiger partial charge in [0.25, 0.3) is 0 Å². The van der Waals surface area contributed by atoms with Crippen LogP contribution in [-0.4, -0.2) is 28.7 Å². The smallest absolute Gasteiger partial charge is 0.426 e. The summed E-state index contributed by atoms with van der Waals surface area (Å²) >= 11 is 0. The average molecular weight is 446 g/mol. The van der Waals surface area contributed by atoms with E-state index in [4.69, 9.17) is 37.8 Å². The zero-order valence-electron chi connectivity index (χ0n) is 17.5. The van der Waals surface area contributed by atoms with Crippen molar-refractivity contribution in [1.29, 1.82) is 10.8 Å². The van der Waals surface area contributed by atoms with Gasteiger partial charge >= 0.3 is 11.4 Å². The van der Waals surface area contributed by atoms with Crippen molar-refractivity contribution < 1.29 is 27.0 Å². The molecule has 0 aliphatic carbocycles. The van der Waals surface area contributed by atoms with Gasteiger partial charge in [0.15, 0.2) is 9.95 Å². The Labute approximate surface area is 180 Å². The maximum atomic E-state index is 8.72. The van der Waals surface area contributed by atoms with Crippen LogP contribution in [0.5, 0.6) is 11.5 Å². The summed E-state index contributed by atoms with van der Waals surface area (Å²) in [4.78, 5) is 6.37. The van der Waals surface area contributed by atoms with Crippen molar-refractivity contribution in [1.82, 2.24) is 0 Å². The summed E-state index contributed by atoms with van der Waals surface area (Å²) < 4.78 is 45.4. The van der Waals surface area contributed by atoms with Gasteiger partial charge in [-0.3, -0.25) is 8.42 Å². The zero-order chi connectivity index (χ0) is 23.4. The molecule has 0 saturated carbocycles. The topological polar surface area (TPSA) is 155 Å². The van der Waals surface area contributed by atoms with E-state index in [2.05, 4.69) is 9.95 Å². The minimum atomic E-state index is -5.17. The number of diazo groups is 2. The number of rotatable bonds is 0. The van der Waals surface area contributed by atoms with Crippen LogP contribution in [-0.2, 0) is 23.2 Å². The molecule has 0 spiro atoms. The predicted octanol–water partition coefficient (Wildman–Crippen LogP) is 4.43. The molecule has 2 heterocycles. The van der Waals surface area contributed by atoms with E-state index in [9.17, 15) is 0 Å². The largest absolute Gasteiger partial charge is 0.759 e. The third-order valence-electron chi connectivity index (χ3n) is 4.36. The molecule has 0 unspecified atom stereocenters. The molecule has 0 bridgehead atoms. The highest BCUT2D eigenvalue weighted by Crippen LogP contribution is 2.42. The Hall–Kier alpha value is -3.25. The highest BCUT2D eigenvalue weighted by atomic mass is 32.3. The molecule has 0 saturated heterocycles. The van der Waals surface area contributed by atoms with E-state index in [-0.39, 0.29) is 11.2 Å². The van der Waals surface area contributed by atoms with Crippen LogP contribution in [0.1, 0.15) is 38.8 Å². The van der Waals surface area contributed by atoms with Crippen LogP contribution < -0.4 is 9.47 Å². The Kier molecular flexibility index (Phi) is 6.86. The van der Waals surface area contributed by atoms with Crippen LogP contribution >= 0.6 is 0 Å². The Bertz CT molecular complexity index is 1080. The van der Waals surface area contributed by atoms with Gasteiger partial charge in [-0.25, -0.2) is 0 Å². The Balaban J connectivity index is 0.000000182. The number of ether oxygens (including phenoxy) is 2. The van der Waals surface area contributed by atoms with E-state index >= 15 is 0 Å². The van der Waals surface area contributed by atoms with Crippen molar-refractivity contribution in [2.75, 3.05) is 0 Å². The van der Waals surface area contributed by atoms with Crippen molar-refractivity contribution >= 4 is 21.8 Å². The summed E-state index contributed by atoms with van der Waals surface area (Å²) in [6.07, 6.45) is 1.73. The molecule has 0 fully saturated rings. The van der Waals surface area contributed by atoms with Crippen LogP contribution in [0.3, 0.4) is 0 Å². The minimum absolute atomic E-state index is 0.177. The molecular weight excluding hydrogens is 424 g/mol. The molecule has 11 heteroatoms. The lowest BCUT2D eigenvalue weighted by Gasteiger charge is -2.15. The summed E-state index contributed by atoms with van der Waals surface area (Å²) in [6, 6.07) is 11.2.